The summed E-state index contributed by atoms with van der Waals surface area (Å²) in [4.78, 5) is 22.0. The number of nitro benzene ring substituents is 1. The second-order valence-corrected chi connectivity index (χ2v) is 5.30. The van der Waals surface area contributed by atoms with E-state index in [9.17, 15) is 20.0 Å². The van der Waals surface area contributed by atoms with Crippen LogP contribution < -0.4 is 10.4 Å². The molecule has 1 N–H and O–H groups in total. The number of carbonyl (C=O) groups excluding carboxylic acids is 1. The van der Waals surface area contributed by atoms with Crippen molar-refractivity contribution in [2.45, 2.75) is 38.1 Å². The molecule has 2 rings (SSSR count). The summed E-state index contributed by atoms with van der Waals surface area (Å²) in [7, 11) is 0. The molecule has 0 aromatic heterocycles. The van der Waals surface area contributed by atoms with E-state index in [4.69, 9.17) is 11.6 Å². The third kappa shape index (κ3) is 3.19. The zero-order valence-electron chi connectivity index (χ0n) is 10.7. The van der Waals surface area contributed by atoms with Crippen LogP contribution in [-0.2, 0) is 0 Å². The van der Waals surface area contributed by atoms with Gasteiger partial charge in [-0.25, -0.2) is 0 Å². The number of amides is 1. The predicted molar refractivity (Wildman–Crippen MR) is 71.9 cm³/mol. The van der Waals surface area contributed by atoms with Gasteiger partial charge >= 0.3 is 0 Å². The van der Waals surface area contributed by atoms with Crippen molar-refractivity contribution in [1.29, 1.82) is 0 Å². The maximum atomic E-state index is 12.1. The van der Waals surface area contributed by atoms with Crippen molar-refractivity contribution in [3.63, 3.8) is 0 Å². The molecule has 1 amide bonds. The Hall–Kier alpha value is -1.82. The van der Waals surface area contributed by atoms with Gasteiger partial charge in [-0.2, -0.15) is 0 Å². The third-order valence-electron chi connectivity index (χ3n) is 3.42. The number of carbonyl (C=O) groups is 1. The highest BCUT2D eigenvalue weighted by Gasteiger charge is 2.20. The van der Waals surface area contributed by atoms with Gasteiger partial charge in [-0.1, -0.05) is 30.9 Å². The second-order valence-electron chi connectivity index (χ2n) is 4.87. The summed E-state index contributed by atoms with van der Waals surface area (Å²) in [6.07, 6.45) is 4.93. The topological polar surface area (TPSA) is 95.3 Å². The molecule has 0 unspecified atom stereocenters. The van der Waals surface area contributed by atoms with Crippen LogP contribution in [0.5, 0.6) is 5.75 Å². The Labute approximate surface area is 120 Å². The lowest BCUT2D eigenvalue weighted by Gasteiger charge is -2.24. The van der Waals surface area contributed by atoms with Gasteiger partial charge < -0.3 is 10.4 Å². The minimum Gasteiger partial charge on any atom is -0.867 e. The fraction of sp³-hybridized carbons (Fsp3) is 0.462. The Morgan fingerprint density at radius 3 is 2.55 bits per heavy atom. The largest absolute Gasteiger partial charge is 0.867 e. The van der Waals surface area contributed by atoms with E-state index < -0.39 is 22.3 Å². The average molecular weight is 298 g/mol. The van der Waals surface area contributed by atoms with Crippen LogP contribution in [0.1, 0.15) is 42.5 Å². The summed E-state index contributed by atoms with van der Waals surface area (Å²) < 4.78 is 0. The first-order valence-corrected chi connectivity index (χ1v) is 6.82. The molecule has 0 spiro atoms. The maximum Gasteiger partial charge on any atom is 0.264 e. The molecule has 0 aliphatic heterocycles. The van der Waals surface area contributed by atoms with Gasteiger partial charge in [-0.3, -0.25) is 14.9 Å². The van der Waals surface area contributed by atoms with Crippen molar-refractivity contribution in [2.75, 3.05) is 0 Å². The van der Waals surface area contributed by atoms with Crippen LogP contribution >= 0.6 is 11.6 Å². The number of nitrogens with zero attached hydrogens (tertiary/aromatic N) is 1. The van der Waals surface area contributed by atoms with Crippen LogP contribution in [0.15, 0.2) is 12.1 Å². The lowest BCUT2D eigenvalue weighted by atomic mass is 9.95. The Morgan fingerprint density at radius 2 is 1.95 bits per heavy atom. The van der Waals surface area contributed by atoms with E-state index in [-0.39, 0.29) is 16.6 Å². The number of rotatable bonds is 3. The molecule has 1 aliphatic rings. The van der Waals surface area contributed by atoms with E-state index in [2.05, 4.69) is 5.32 Å². The molecule has 1 aliphatic carbocycles. The Kier molecular flexibility index (Phi) is 4.44. The van der Waals surface area contributed by atoms with Crippen LogP contribution in [0.25, 0.3) is 0 Å². The molecule has 20 heavy (non-hydrogen) atoms. The fourth-order valence-corrected chi connectivity index (χ4v) is 2.61. The van der Waals surface area contributed by atoms with Gasteiger partial charge in [0.2, 0.25) is 0 Å². The number of benzene rings is 1. The molecule has 1 aromatic rings. The Morgan fingerprint density at radius 1 is 1.30 bits per heavy atom. The smallest absolute Gasteiger partial charge is 0.264 e. The molecule has 0 heterocycles. The quantitative estimate of drug-likeness (QED) is 0.684. The number of hydrogen-bond acceptors (Lipinski definition) is 4. The summed E-state index contributed by atoms with van der Waals surface area (Å²) in [5.74, 6) is -1.49. The summed E-state index contributed by atoms with van der Waals surface area (Å²) >= 11 is 5.73. The fourth-order valence-electron chi connectivity index (χ4n) is 2.39. The number of nitrogens with one attached hydrogen (secondary N) is 1. The summed E-state index contributed by atoms with van der Waals surface area (Å²) in [6.45, 7) is 0. The van der Waals surface area contributed by atoms with Crippen molar-refractivity contribution >= 4 is 23.2 Å². The van der Waals surface area contributed by atoms with Crippen LogP contribution in [-0.4, -0.2) is 16.9 Å². The average Bonchev–Trinajstić information content (AvgIpc) is 2.41. The van der Waals surface area contributed by atoms with Gasteiger partial charge in [0, 0.05) is 22.7 Å². The van der Waals surface area contributed by atoms with Crippen LogP contribution in [0.3, 0.4) is 0 Å². The summed E-state index contributed by atoms with van der Waals surface area (Å²) in [6, 6.07) is 2.16. The van der Waals surface area contributed by atoms with Crippen LogP contribution in [0, 0.1) is 10.1 Å². The predicted octanol–water partition coefficient (Wildman–Crippen LogP) is 2.38. The molecule has 0 atom stereocenters. The highest BCUT2D eigenvalue weighted by atomic mass is 35.5. The van der Waals surface area contributed by atoms with Crippen molar-refractivity contribution < 1.29 is 14.8 Å². The van der Waals surface area contributed by atoms with Gasteiger partial charge in [0.05, 0.1) is 4.92 Å². The van der Waals surface area contributed by atoms with E-state index >= 15 is 0 Å². The highest BCUT2D eigenvalue weighted by Crippen LogP contribution is 2.31. The molecule has 7 heteroatoms. The van der Waals surface area contributed by atoms with Crippen molar-refractivity contribution in [3.05, 3.63) is 32.8 Å². The molecular weight excluding hydrogens is 284 g/mol. The van der Waals surface area contributed by atoms with Gasteiger partial charge in [-0.15, -0.1) is 0 Å². The molecule has 1 saturated carbocycles. The van der Waals surface area contributed by atoms with Crippen molar-refractivity contribution in [1.82, 2.24) is 5.32 Å². The van der Waals surface area contributed by atoms with Crippen LogP contribution in [0.4, 0.5) is 5.69 Å². The number of halogens is 1. The molecule has 1 fully saturated rings. The van der Waals surface area contributed by atoms with Gasteiger partial charge in [0.15, 0.2) is 0 Å². The normalized spacial score (nSPS) is 15.8. The number of nitro groups is 1. The van der Waals surface area contributed by atoms with Gasteiger partial charge in [-0.05, 0) is 24.7 Å². The highest BCUT2D eigenvalue weighted by molar-refractivity contribution is 6.31. The standard InChI is InChI=1S/C13H15ClN2O4/c14-8-6-10(12(17)11(7-8)16(19)20)13(18)15-9-4-2-1-3-5-9/h6-7,9,17H,1-5H2,(H,15,18)/p-1. The van der Waals surface area contributed by atoms with E-state index in [1.165, 1.54) is 6.07 Å². The van der Waals surface area contributed by atoms with E-state index in [1.54, 1.807) is 0 Å². The summed E-state index contributed by atoms with van der Waals surface area (Å²) in [5, 5.41) is 25.4. The maximum absolute atomic E-state index is 12.1. The number of hydrogen-bond donors (Lipinski definition) is 1. The lowest BCUT2D eigenvalue weighted by Crippen LogP contribution is -2.36. The molecule has 6 nitrogen and oxygen atoms in total. The second kappa shape index (κ2) is 6.09. The van der Waals surface area contributed by atoms with Crippen molar-refractivity contribution in [3.8, 4) is 5.75 Å². The first-order chi connectivity index (χ1) is 9.49. The van der Waals surface area contributed by atoms with Gasteiger partial charge in [0.25, 0.3) is 11.6 Å². The SMILES string of the molecule is O=C(NC1CCCCC1)c1cc(Cl)cc([N+](=O)[O-])c1[O-]. The minimum absolute atomic E-state index is 0.00472. The summed E-state index contributed by atoms with van der Waals surface area (Å²) in [5.41, 5.74) is -0.943. The molecule has 1 aromatic carbocycles. The Balaban J connectivity index is 2.22. The zero-order chi connectivity index (χ0) is 14.7. The zero-order valence-corrected chi connectivity index (χ0v) is 11.5. The first kappa shape index (κ1) is 14.6. The molecule has 108 valence electrons. The first-order valence-electron chi connectivity index (χ1n) is 6.45. The van der Waals surface area contributed by atoms with E-state index in [0.29, 0.717) is 0 Å². The molecule has 0 saturated heterocycles. The van der Waals surface area contributed by atoms with E-state index in [0.717, 1.165) is 38.2 Å². The Bertz CT molecular complexity index is 541. The molecule has 0 radical (unpaired) electrons. The monoisotopic (exact) mass is 297 g/mol. The lowest BCUT2D eigenvalue weighted by molar-refractivity contribution is -0.398. The molecular formula is C13H14ClN2O4-. The van der Waals surface area contributed by atoms with Gasteiger partial charge in [0.1, 0.15) is 0 Å². The van der Waals surface area contributed by atoms with Crippen LogP contribution in [0.2, 0.25) is 5.02 Å². The molecule has 0 bridgehead atoms. The van der Waals surface area contributed by atoms with E-state index in [1.807, 2.05) is 0 Å². The minimum atomic E-state index is -0.896. The van der Waals surface area contributed by atoms with Crippen molar-refractivity contribution in [2.24, 2.45) is 0 Å². The third-order valence-corrected chi connectivity index (χ3v) is 3.63.